The largest absolute Gasteiger partial charge is 0.457 e. The number of nitrogens with one attached hydrogen (secondary N) is 1. The van der Waals surface area contributed by atoms with Crippen molar-refractivity contribution in [3.05, 3.63) is 102 Å². The molecule has 2 aromatic heterocycles. The summed E-state index contributed by atoms with van der Waals surface area (Å²) in [6.45, 7) is 4.87. The lowest BCUT2D eigenvalue weighted by molar-refractivity contribution is -0.138. The molecule has 2 unspecified atom stereocenters. The summed E-state index contributed by atoms with van der Waals surface area (Å²) in [6, 6.07) is 22.0. The lowest BCUT2D eigenvalue weighted by Gasteiger charge is -2.34. The van der Waals surface area contributed by atoms with E-state index >= 15 is 0 Å². The number of ether oxygens (including phenoxy) is 2. The number of nitrogen functional groups attached to an aromatic ring is 1. The van der Waals surface area contributed by atoms with Gasteiger partial charge in [0.15, 0.2) is 5.65 Å². The predicted molar refractivity (Wildman–Crippen MR) is 243 cm³/mol. The number of anilines is 1. The van der Waals surface area contributed by atoms with Crippen molar-refractivity contribution in [2.75, 3.05) is 70.5 Å². The van der Waals surface area contributed by atoms with Crippen LogP contribution in [-0.4, -0.2) is 140 Å². The number of carbonyl (C=O) groups is 5. The van der Waals surface area contributed by atoms with E-state index < -0.39 is 11.9 Å². The Morgan fingerprint density at radius 3 is 2.49 bits per heavy atom. The number of para-hydroxylation sites is 1. The van der Waals surface area contributed by atoms with E-state index in [1.54, 1.807) is 28.8 Å². The van der Waals surface area contributed by atoms with Crippen molar-refractivity contribution >= 4 is 58.1 Å². The van der Waals surface area contributed by atoms with Gasteiger partial charge in [0.1, 0.15) is 42.0 Å². The molecule has 2 atom stereocenters. The summed E-state index contributed by atoms with van der Waals surface area (Å²) >= 11 is 1.54. The Bertz CT molecular complexity index is 2620. The van der Waals surface area contributed by atoms with Gasteiger partial charge in [-0.15, -0.1) is 11.8 Å². The van der Waals surface area contributed by atoms with E-state index in [1.807, 2.05) is 87.3 Å². The lowest BCUT2D eigenvalue weighted by atomic mass is 10.0. The van der Waals surface area contributed by atoms with Crippen LogP contribution < -0.4 is 15.8 Å². The fraction of sp³-hybridized carbons (Fsp3) is 0.362. The molecule has 5 amide bonds. The summed E-state index contributed by atoms with van der Waals surface area (Å²) in [4.78, 5) is 80.9. The van der Waals surface area contributed by atoms with E-state index in [4.69, 9.17) is 20.3 Å². The topological polar surface area (TPSA) is 198 Å². The summed E-state index contributed by atoms with van der Waals surface area (Å²) < 4.78 is 13.7. The van der Waals surface area contributed by atoms with Crippen LogP contribution in [0, 0.1) is 0 Å². The summed E-state index contributed by atoms with van der Waals surface area (Å²) in [5.41, 5.74) is 10.0. The van der Waals surface area contributed by atoms with Crippen molar-refractivity contribution in [3.63, 3.8) is 0 Å². The van der Waals surface area contributed by atoms with E-state index in [9.17, 15) is 24.0 Å². The van der Waals surface area contributed by atoms with Gasteiger partial charge in [0, 0.05) is 86.6 Å². The zero-order valence-electron chi connectivity index (χ0n) is 35.8. The highest BCUT2D eigenvalue weighted by Crippen LogP contribution is 2.36. The first-order valence-corrected chi connectivity index (χ1v) is 22.9. The summed E-state index contributed by atoms with van der Waals surface area (Å²) in [7, 11) is 0. The molecule has 0 radical (unpaired) electrons. The average Bonchev–Trinajstić information content (AvgIpc) is 3.89. The van der Waals surface area contributed by atoms with Crippen LogP contribution >= 0.6 is 11.8 Å². The number of fused-ring (bicyclic) bond motifs is 2. The Kier molecular flexibility index (Phi) is 13.2. The van der Waals surface area contributed by atoms with E-state index in [2.05, 4.69) is 20.2 Å². The standard InChI is InChI=1S/C47H50N10O7S/c48-44-42-43(31-13-15-34(16-14-31)64-33-8-2-1-3-9-33)52-57(45(42)50-30-49-44)32-7-5-20-55(27-32)40(59)12-6-19-53-21-23-54(24-22-53)41(60)29-63-25-26-65-38-11-4-10-35-36(38)28-56(47(35)62)37-17-18-39(58)51-46(37)61/h1-4,6,8-16,30,32,37H,5,7,17-29H2,(H2,48,49,50)(H,51,58,61)/b12-6+. The third kappa shape index (κ3) is 9.74. The fourth-order valence-corrected chi connectivity index (χ4v) is 9.80. The van der Waals surface area contributed by atoms with Crippen LogP contribution in [0.15, 0.2) is 96.2 Å². The zero-order valence-corrected chi connectivity index (χ0v) is 36.7. The minimum absolute atomic E-state index is 0.0197. The molecule has 3 saturated heterocycles. The second kappa shape index (κ2) is 19.6. The Balaban J connectivity index is 0.712. The van der Waals surface area contributed by atoms with E-state index in [0.29, 0.717) is 105 Å². The normalized spacial score (nSPS) is 19.3. The first-order chi connectivity index (χ1) is 31.7. The Morgan fingerprint density at radius 2 is 1.69 bits per heavy atom. The first-order valence-electron chi connectivity index (χ1n) is 21.9. The van der Waals surface area contributed by atoms with Gasteiger partial charge in [0.05, 0.1) is 18.0 Å². The van der Waals surface area contributed by atoms with Crippen molar-refractivity contribution in [2.45, 2.75) is 49.2 Å². The molecule has 5 aromatic rings. The van der Waals surface area contributed by atoms with Gasteiger partial charge in [-0.05, 0) is 73.4 Å². The van der Waals surface area contributed by atoms with Gasteiger partial charge in [0.2, 0.25) is 23.6 Å². The number of aromatic nitrogens is 4. The van der Waals surface area contributed by atoms with Gasteiger partial charge in [-0.3, -0.25) is 34.2 Å². The van der Waals surface area contributed by atoms with Gasteiger partial charge in [-0.1, -0.05) is 30.3 Å². The molecule has 9 rings (SSSR count). The molecule has 18 heteroatoms. The SMILES string of the molecule is Nc1ncnc2c1c(-c1ccc(Oc3ccccc3)cc1)nn2C1CCCN(C(=O)/C=C/CN2CCN(C(=O)COCCSc3cccc4c3CN(C3CCC(=O)NC3=O)C4=O)CC2)C1. The molecule has 0 bridgehead atoms. The van der Waals surface area contributed by atoms with Gasteiger partial charge in [0.25, 0.3) is 5.91 Å². The average molecular weight is 899 g/mol. The third-order valence-electron chi connectivity index (χ3n) is 12.3. The number of imide groups is 1. The van der Waals surface area contributed by atoms with Gasteiger partial charge >= 0.3 is 0 Å². The highest BCUT2D eigenvalue weighted by Gasteiger charge is 2.40. The van der Waals surface area contributed by atoms with Gasteiger partial charge < -0.3 is 29.9 Å². The number of thioether (sulfide) groups is 1. The zero-order chi connectivity index (χ0) is 44.9. The number of nitrogens with zero attached hydrogens (tertiary/aromatic N) is 8. The first kappa shape index (κ1) is 43.6. The second-order valence-electron chi connectivity index (χ2n) is 16.4. The van der Waals surface area contributed by atoms with Gasteiger partial charge in [-0.2, -0.15) is 5.10 Å². The second-order valence-corrected chi connectivity index (χ2v) is 17.6. The third-order valence-corrected chi connectivity index (χ3v) is 13.3. The highest BCUT2D eigenvalue weighted by molar-refractivity contribution is 7.99. The number of carbonyl (C=O) groups excluding carboxylic acids is 5. The molecule has 0 saturated carbocycles. The molecule has 4 aliphatic heterocycles. The van der Waals surface area contributed by atoms with Crippen molar-refractivity contribution < 1.29 is 33.4 Å². The maximum atomic E-state index is 13.5. The number of hydrogen-bond acceptors (Lipinski definition) is 13. The van der Waals surface area contributed by atoms with E-state index in [0.717, 1.165) is 34.6 Å². The van der Waals surface area contributed by atoms with E-state index in [-0.39, 0.29) is 42.7 Å². The molecular weight excluding hydrogens is 849 g/mol. The van der Waals surface area contributed by atoms with Crippen LogP contribution in [0.25, 0.3) is 22.3 Å². The number of rotatable bonds is 14. The molecule has 17 nitrogen and oxygen atoms in total. The molecule has 0 spiro atoms. The number of piperazine rings is 1. The Labute approximate surface area is 379 Å². The molecule has 6 heterocycles. The highest BCUT2D eigenvalue weighted by atomic mass is 32.2. The van der Waals surface area contributed by atoms with Gasteiger partial charge in [-0.25, -0.2) is 14.6 Å². The summed E-state index contributed by atoms with van der Waals surface area (Å²) in [5.74, 6) is 1.29. The van der Waals surface area contributed by atoms with Crippen LogP contribution in [0.5, 0.6) is 11.5 Å². The summed E-state index contributed by atoms with van der Waals surface area (Å²) in [6.07, 6.45) is 7.16. The number of likely N-dealkylation sites (tertiary alicyclic amines) is 1. The maximum absolute atomic E-state index is 13.5. The van der Waals surface area contributed by atoms with Crippen molar-refractivity contribution in [2.24, 2.45) is 0 Å². The monoisotopic (exact) mass is 898 g/mol. The van der Waals surface area contributed by atoms with E-state index in [1.165, 1.54) is 6.33 Å². The van der Waals surface area contributed by atoms with Crippen LogP contribution in [0.2, 0.25) is 0 Å². The lowest BCUT2D eigenvalue weighted by Crippen LogP contribution is -2.52. The predicted octanol–water partition coefficient (Wildman–Crippen LogP) is 4.30. The number of piperidine rings is 2. The van der Waals surface area contributed by atoms with Crippen LogP contribution in [-0.2, 0) is 30.5 Å². The number of benzene rings is 3. The number of nitrogens with two attached hydrogens (primary N) is 1. The Morgan fingerprint density at radius 1 is 0.892 bits per heavy atom. The number of amides is 5. The molecular formula is C47H50N10O7S. The molecule has 3 aromatic carbocycles. The molecule has 65 heavy (non-hydrogen) atoms. The fourth-order valence-electron chi connectivity index (χ4n) is 8.85. The number of hydrogen-bond donors (Lipinski definition) is 2. The van der Waals surface area contributed by atoms with Crippen molar-refractivity contribution in [1.82, 2.24) is 44.7 Å². The maximum Gasteiger partial charge on any atom is 0.255 e. The molecule has 336 valence electrons. The van der Waals surface area contributed by atoms with Crippen molar-refractivity contribution in [3.8, 4) is 22.8 Å². The molecule has 3 fully saturated rings. The minimum atomic E-state index is -0.663. The quantitative estimate of drug-likeness (QED) is 0.0693. The molecule has 0 aliphatic carbocycles. The van der Waals surface area contributed by atoms with Crippen LogP contribution in [0.1, 0.15) is 47.6 Å². The Hall–Kier alpha value is -6.63. The molecule has 3 N–H and O–H groups in total. The minimum Gasteiger partial charge on any atom is -0.457 e. The van der Waals surface area contributed by atoms with Crippen LogP contribution in [0.3, 0.4) is 0 Å². The summed E-state index contributed by atoms with van der Waals surface area (Å²) in [5, 5.41) is 8.04. The smallest absolute Gasteiger partial charge is 0.255 e. The molecule has 4 aliphatic rings. The van der Waals surface area contributed by atoms with Crippen LogP contribution in [0.4, 0.5) is 5.82 Å². The van der Waals surface area contributed by atoms with Crippen molar-refractivity contribution in [1.29, 1.82) is 0 Å².